The van der Waals surface area contributed by atoms with Crippen molar-refractivity contribution in [1.82, 2.24) is 19.4 Å². The molecule has 3 heterocycles. The number of pyridine rings is 1. The van der Waals surface area contributed by atoms with Crippen molar-refractivity contribution in [3.63, 3.8) is 0 Å². The van der Waals surface area contributed by atoms with Crippen LogP contribution in [-0.4, -0.2) is 30.9 Å². The molecule has 282 valence electrons. The number of amidine groups is 1. The van der Waals surface area contributed by atoms with E-state index in [-0.39, 0.29) is 5.56 Å². The molecular weight excluding hydrogens is 725 g/mol. The van der Waals surface area contributed by atoms with Crippen molar-refractivity contribution < 1.29 is 0 Å². The third kappa shape index (κ3) is 6.52. The van der Waals surface area contributed by atoms with Crippen LogP contribution in [0.2, 0.25) is 0 Å². The van der Waals surface area contributed by atoms with E-state index >= 15 is 0 Å². The van der Waals surface area contributed by atoms with Crippen molar-refractivity contribution >= 4 is 49.5 Å². The smallest absolute Gasteiger partial charge is 0.263 e. The van der Waals surface area contributed by atoms with Gasteiger partial charge < -0.3 is 0 Å². The van der Waals surface area contributed by atoms with Crippen LogP contribution in [0, 0.1) is 5.92 Å². The fraction of sp³-hybridized carbons (Fsp3) is 0.0769. The molecule has 0 N–H and O–H groups in total. The molecule has 1 aliphatic rings. The molecule has 0 saturated heterocycles. The first-order valence-electron chi connectivity index (χ1n) is 19.8. The molecule has 7 heteroatoms. The summed E-state index contributed by atoms with van der Waals surface area (Å²) in [6, 6.07) is 48.2. The Morgan fingerprint density at radius 1 is 0.627 bits per heavy atom. The lowest BCUT2D eigenvalue weighted by Gasteiger charge is -2.13. The Balaban J connectivity index is 1.19. The van der Waals surface area contributed by atoms with E-state index in [1.165, 1.54) is 0 Å². The van der Waals surface area contributed by atoms with Gasteiger partial charge in [-0.3, -0.25) is 9.20 Å². The number of hydrogen-bond donors (Lipinski definition) is 0. The van der Waals surface area contributed by atoms with Crippen LogP contribution in [0.5, 0.6) is 0 Å². The fourth-order valence-electron chi connectivity index (χ4n) is 7.97. The summed E-state index contributed by atoms with van der Waals surface area (Å²) in [7, 11) is 0. The molecule has 0 saturated carbocycles. The van der Waals surface area contributed by atoms with Gasteiger partial charge in [-0.05, 0) is 72.2 Å². The van der Waals surface area contributed by atoms with E-state index in [2.05, 4.69) is 49.9 Å². The summed E-state index contributed by atoms with van der Waals surface area (Å²) >= 11 is 0. The lowest BCUT2D eigenvalue weighted by molar-refractivity contribution is 0.732. The van der Waals surface area contributed by atoms with Crippen LogP contribution in [0.1, 0.15) is 31.4 Å². The van der Waals surface area contributed by atoms with Crippen LogP contribution in [0.3, 0.4) is 0 Å². The molecule has 0 fully saturated rings. The van der Waals surface area contributed by atoms with Crippen LogP contribution in [-0.2, 0) is 0 Å². The molecule has 3 aromatic heterocycles. The number of aliphatic imine (C=N–C) groups is 2. The van der Waals surface area contributed by atoms with Gasteiger partial charge in [-0.2, -0.15) is 0 Å². The molecule has 59 heavy (non-hydrogen) atoms. The third-order valence-electron chi connectivity index (χ3n) is 11.1. The summed E-state index contributed by atoms with van der Waals surface area (Å²) in [5.74, 6) is 2.77. The number of rotatable bonds is 7. The highest BCUT2D eigenvalue weighted by atomic mass is 16.1. The highest BCUT2D eigenvalue weighted by Crippen LogP contribution is 2.37. The van der Waals surface area contributed by atoms with Crippen LogP contribution >= 0.6 is 0 Å². The summed E-state index contributed by atoms with van der Waals surface area (Å²) < 4.78 is 1.85. The predicted molar refractivity (Wildman–Crippen MR) is 242 cm³/mol. The first-order chi connectivity index (χ1) is 28.9. The summed E-state index contributed by atoms with van der Waals surface area (Å²) in [5, 5.41) is 4.35. The maximum Gasteiger partial charge on any atom is 0.263 e. The molecule has 0 spiro atoms. The minimum Gasteiger partial charge on any atom is -0.275 e. The molecule has 0 amide bonds. The van der Waals surface area contributed by atoms with Gasteiger partial charge in [0.15, 0.2) is 23.3 Å². The fourth-order valence-corrected chi connectivity index (χ4v) is 7.97. The van der Waals surface area contributed by atoms with E-state index in [1.54, 1.807) is 0 Å². The SMILES string of the molecule is C=C(N=C(N=C(C)c1cc2c3ccccc3c(=O)n3c4ccc(-c5nc(-c6ccccc6)nc(-c6ccccc6)n5)cc4c(c1)c23)c1ccccc1)C1=CCC(C)C=C1. The Bertz CT molecular complexity index is 3230. The molecule has 10 rings (SSSR count). The van der Waals surface area contributed by atoms with Crippen molar-refractivity contribution in [3.05, 3.63) is 203 Å². The zero-order valence-corrected chi connectivity index (χ0v) is 32.7. The Labute approximate surface area is 341 Å². The van der Waals surface area contributed by atoms with Gasteiger partial charge in [0.25, 0.3) is 5.56 Å². The van der Waals surface area contributed by atoms with Crippen molar-refractivity contribution in [2.24, 2.45) is 15.9 Å². The van der Waals surface area contributed by atoms with E-state index in [0.717, 1.165) is 78.1 Å². The number of benzene rings is 6. The third-order valence-corrected chi connectivity index (χ3v) is 11.1. The molecule has 0 radical (unpaired) electrons. The normalized spacial score (nSPS) is 14.7. The molecule has 0 aliphatic heterocycles. The molecule has 6 aromatic carbocycles. The van der Waals surface area contributed by atoms with Gasteiger partial charge >= 0.3 is 0 Å². The molecule has 1 atom stereocenters. The topological polar surface area (TPSA) is 84.9 Å². The number of hydrogen-bond acceptors (Lipinski definition) is 5. The number of fused-ring (bicyclic) bond motifs is 5. The zero-order valence-electron chi connectivity index (χ0n) is 32.7. The standard InChI is InChI=1S/C52H38N6O/c1-32-23-25-35(26-24-32)33(2)53-48(36-15-7-4-8-16-36)54-34(3)40-30-44-41-21-13-14-22-42(41)52(59)58-46-28-27-39(29-43(46)45(31-40)47(44)58)51-56-49(37-17-9-5-10-18-37)55-50(57-51)38-19-11-6-12-20-38/h4-23,25-32H,2,24H2,1,3H3. The first kappa shape index (κ1) is 35.8. The Kier molecular flexibility index (Phi) is 8.91. The molecule has 7 nitrogen and oxygen atoms in total. The summed E-state index contributed by atoms with van der Waals surface area (Å²) in [6.45, 7) is 8.56. The van der Waals surface area contributed by atoms with E-state index in [0.29, 0.717) is 40.3 Å². The Morgan fingerprint density at radius 2 is 1.20 bits per heavy atom. The van der Waals surface area contributed by atoms with Crippen molar-refractivity contribution in [1.29, 1.82) is 0 Å². The molecule has 9 aromatic rings. The van der Waals surface area contributed by atoms with Crippen LogP contribution in [0.15, 0.2) is 196 Å². The second-order valence-electron chi connectivity index (χ2n) is 15.1. The predicted octanol–water partition coefficient (Wildman–Crippen LogP) is 11.7. The van der Waals surface area contributed by atoms with Gasteiger partial charge in [0, 0.05) is 49.5 Å². The van der Waals surface area contributed by atoms with Gasteiger partial charge in [0.05, 0.1) is 16.7 Å². The molecule has 1 unspecified atom stereocenters. The van der Waals surface area contributed by atoms with Crippen molar-refractivity contribution in [2.45, 2.75) is 20.3 Å². The van der Waals surface area contributed by atoms with Gasteiger partial charge in [0.1, 0.15) is 0 Å². The maximum atomic E-state index is 14.4. The summed E-state index contributed by atoms with van der Waals surface area (Å²) in [5.41, 5.74) is 8.47. The van der Waals surface area contributed by atoms with Crippen molar-refractivity contribution in [3.8, 4) is 34.2 Å². The Morgan fingerprint density at radius 3 is 1.83 bits per heavy atom. The number of allylic oxidation sites excluding steroid dienone is 3. The Hall–Kier alpha value is -7.64. The van der Waals surface area contributed by atoms with Crippen LogP contribution in [0.25, 0.3) is 72.1 Å². The molecule has 0 bridgehead atoms. The molecular formula is C52H38N6O. The largest absolute Gasteiger partial charge is 0.275 e. The second kappa shape index (κ2) is 14.7. The average Bonchev–Trinajstić information content (AvgIpc) is 3.63. The lowest BCUT2D eigenvalue weighted by Crippen LogP contribution is -2.13. The van der Waals surface area contributed by atoms with E-state index in [9.17, 15) is 4.79 Å². The highest BCUT2D eigenvalue weighted by molar-refractivity contribution is 6.23. The summed E-state index contributed by atoms with van der Waals surface area (Å²) in [6.07, 6.45) is 7.44. The monoisotopic (exact) mass is 762 g/mol. The van der Waals surface area contributed by atoms with Gasteiger partial charge in [-0.1, -0.05) is 141 Å². The number of aromatic nitrogens is 4. The van der Waals surface area contributed by atoms with Crippen molar-refractivity contribution in [2.75, 3.05) is 0 Å². The van der Waals surface area contributed by atoms with Gasteiger partial charge in [-0.15, -0.1) is 0 Å². The average molecular weight is 763 g/mol. The quantitative estimate of drug-likeness (QED) is 0.0919. The zero-order chi connectivity index (χ0) is 40.0. The van der Waals surface area contributed by atoms with Gasteiger partial charge in [-0.25, -0.2) is 24.9 Å². The molecule has 1 aliphatic carbocycles. The second-order valence-corrected chi connectivity index (χ2v) is 15.1. The maximum absolute atomic E-state index is 14.4. The van der Waals surface area contributed by atoms with Crippen LogP contribution < -0.4 is 5.56 Å². The van der Waals surface area contributed by atoms with Crippen LogP contribution in [0.4, 0.5) is 0 Å². The number of nitrogens with zero attached hydrogens (tertiary/aromatic N) is 6. The lowest BCUT2D eigenvalue weighted by atomic mass is 9.97. The van der Waals surface area contributed by atoms with Gasteiger partial charge in [0.2, 0.25) is 0 Å². The highest BCUT2D eigenvalue weighted by Gasteiger charge is 2.21. The minimum absolute atomic E-state index is 0.0608. The minimum atomic E-state index is -0.0608. The van der Waals surface area contributed by atoms with E-state index in [4.69, 9.17) is 24.9 Å². The van der Waals surface area contributed by atoms with E-state index in [1.807, 2.05) is 139 Å². The summed E-state index contributed by atoms with van der Waals surface area (Å²) in [4.78, 5) is 39.6. The van der Waals surface area contributed by atoms with E-state index < -0.39 is 0 Å². The first-order valence-corrected chi connectivity index (χ1v) is 19.8.